The van der Waals surface area contributed by atoms with Crippen LogP contribution >= 0.6 is 23.2 Å². The molecule has 0 aliphatic carbocycles. The summed E-state index contributed by atoms with van der Waals surface area (Å²) in [6.07, 6.45) is 16.3. The molecular weight excluding hydrogens is 1730 g/mol. The van der Waals surface area contributed by atoms with Gasteiger partial charge in [-0.1, -0.05) is 203 Å². The smallest absolute Gasteiger partial charge is 0.270 e. The minimum absolute atomic E-state index is 0.00617. The first kappa shape index (κ1) is 92.0. The van der Waals surface area contributed by atoms with Gasteiger partial charge in [0.1, 0.15) is 40.2 Å². The van der Waals surface area contributed by atoms with Crippen molar-refractivity contribution in [1.29, 1.82) is 0 Å². The first-order chi connectivity index (χ1) is 65.5. The lowest BCUT2D eigenvalue weighted by Crippen LogP contribution is -2.05. The van der Waals surface area contributed by atoms with Gasteiger partial charge in [-0.3, -0.25) is 55.7 Å². The van der Waals surface area contributed by atoms with Gasteiger partial charge in [0.05, 0.1) is 95.0 Å². The van der Waals surface area contributed by atoms with E-state index in [-0.39, 0.29) is 11.5 Å². The topological polar surface area (TPSA) is 326 Å². The molecule has 20 rings (SSSR count). The lowest BCUT2D eigenvalue weighted by atomic mass is 10.1. The zero-order valence-electron chi connectivity index (χ0n) is 73.9. The number of pyridine rings is 3. The van der Waals surface area contributed by atoms with Gasteiger partial charge in [0.2, 0.25) is 0 Å². The Labute approximate surface area is 782 Å². The SMILES string of the molecule is CC(C)COc1ccc(Cl)cc1-c1cc(-c2ccccn2)[nH]n1.CC(C)COc1ccc(Cl)cc1-c1cc(-c2cccnc2)n[nH]1.COc1ccc([N+](=O)[O-])cc1-c1cc(-c2ccccc2)n[nH]1.COc1ccccc1-c1cc(-c2cccnc2)n[nH]1.Fc1cccc(-c2cc(-c3nccn3Cc3ccccc3)[nH]n2)c1.c1ccc(Cn2ccnc2-c2cc(-c3ccccc3)n[nH]2)cc1. The number of ether oxygens (including phenoxy) is 4. The molecule has 0 unspecified atom stereocenters. The van der Waals surface area contributed by atoms with Gasteiger partial charge in [-0.05, 0) is 162 Å². The highest BCUT2D eigenvalue weighted by atomic mass is 35.5. The Hall–Kier alpha value is -16.8. The van der Waals surface area contributed by atoms with Gasteiger partial charge in [0.15, 0.2) is 11.6 Å². The monoisotopic (exact) mass is 1820 g/mol. The molecule has 670 valence electrons. The summed E-state index contributed by atoms with van der Waals surface area (Å²) < 4.78 is 40.0. The number of non-ortho nitro benzene ring substituents is 1. The molecule has 0 fully saturated rings. The third kappa shape index (κ3) is 24.6. The highest BCUT2D eigenvalue weighted by Gasteiger charge is 2.21. The minimum atomic E-state index is -0.433. The molecule has 11 heterocycles. The van der Waals surface area contributed by atoms with Crippen LogP contribution in [0.25, 0.3) is 136 Å². The quantitative estimate of drug-likeness (QED) is 0.0229. The number of nitrogens with zero attached hydrogens (tertiary/aromatic N) is 14. The van der Waals surface area contributed by atoms with Crippen LogP contribution in [0.2, 0.25) is 10.0 Å². The van der Waals surface area contributed by atoms with Gasteiger partial charge in [0, 0.05) is 141 Å². The summed E-state index contributed by atoms with van der Waals surface area (Å²) >= 11 is 12.3. The molecule has 0 saturated heterocycles. The van der Waals surface area contributed by atoms with E-state index in [9.17, 15) is 14.5 Å². The Morgan fingerprint density at radius 1 is 0.351 bits per heavy atom. The van der Waals surface area contributed by atoms with Gasteiger partial charge in [0.25, 0.3) is 5.69 Å². The van der Waals surface area contributed by atoms with Crippen molar-refractivity contribution in [2.75, 3.05) is 27.4 Å². The van der Waals surface area contributed by atoms with Crippen molar-refractivity contribution < 1.29 is 28.3 Å². The third-order valence-electron chi connectivity index (χ3n) is 20.6. The van der Waals surface area contributed by atoms with E-state index in [0.29, 0.717) is 57.8 Å². The maximum atomic E-state index is 13.4. The van der Waals surface area contributed by atoms with E-state index in [4.69, 9.17) is 42.1 Å². The normalized spacial score (nSPS) is 10.7. The molecule has 0 saturated carbocycles. The van der Waals surface area contributed by atoms with Crippen LogP contribution < -0.4 is 18.9 Å². The number of nitro benzene ring substituents is 1. The summed E-state index contributed by atoms with van der Waals surface area (Å²) in [6, 6.07) is 95.5. The summed E-state index contributed by atoms with van der Waals surface area (Å²) in [5.74, 6) is 5.26. The molecule has 0 amide bonds. The standard InChI is InChI=1S/C19H15FN4.C19H16N4.2C18H18ClN3O.C16H13N3O3.C15H13N3O/c20-16-8-4-7-15(11-16)17-12-18(23-22-17)19-21-9-10-24(19)13-14-5-2-1-3-6-14;1-3-7-15(8-4-1)14-23-12-11-20-19(23)18-13-17(21-22-18)16-9-5-2-6-10-16;1-12(2)11-23-18-6-5-14(19)8-15(18)17-9-16(21-22-17)13-4-3-7-20-10-13;1-12(2)11-23-18-7-6-13(19)9-14(18)16-10-17(22-21-16)15-5-3-4-8-20-15;1-22-16-8-7-12(19(20)21)9-13(16)15-10-14(17-18-15)11-5-3-2-4-6-11;1-19-15-7-3-2-6-12(15)14-9-13(17-18-14)11-5-4-8-16-10-11/h1-12H,13H2,(H,22,23);1-13H,14H2,(H,21,22);2*3-10,12H,11H2,1-2H3,(H,21,22);2-10H,1H3,(H,17,18);2-10H,1H3,(H,17,18). The molecule has 9 aromatic carbocycles. The van der Waals surface area contributed by atoms with Gasteiger partial charge in [-0.2, -0.15) is 30.6 Å². The van der Waals surface area contributed by atoms with E-state index in [1.54, 1.807) is 56.4 Å². The summed E-state index contributed by atoms with van der Waals surface area (Å²) in [7, 11) is 3.19. The first-order valence-corrected chi connectivity index (χ1v) is 43.6. The van der Waals surface area contributed by atoms with Crippen molar-refractivity contribution in [2.45, 2.75) is 40.8 Å². The second-order valence-corrected chi connectivity index (χ2v) is 32.1. The van der Waals surface area contributed by atoms with Crippen LogP contribution in [0.15, 0.2) is 359 Å². The van der Waals surface area contributed by atoms with E-state index in [1.165, 1.54) is 42.5 Å². The number of methoxy groups -OCH3 is 2. The molecule has 0 spiro atoms. The largest absolute Gasteiger partial charge is 0.496 e. The lowest BCUT2D eigenvalue weighted by Gasteiger charge is -2.12. The van der Waals surface area contributed by atoms with Crippen molar-refractivity contribution in [2.24, 2.45) is 11.8 Å². The molecule has 0 aliphatic rings. The van der Waals surface area contributed by atoms with Crippen LogP contribution in [0.3, 0.4) is 0 Å². The molecule has 6 N–H and O–H groups in total. The molecule has 11 aromatic heterocycles. The fourth-order valence-corrected chi connectivity index (χ4v) is 14.3. The Morgan fingerprint density at radius 3 is 1.24 bits per heavy atom. The Bertz CT molecular complexity index is 6960. The number of imidazole rings is 2. The number of benzene rings is 9. The van der Waals surface area contributed by atoms with Crippen molar-refractivity contribution in [3.8, 4) is 159 Å². The summed E-state index contributed by atoms with van der Waals surface area (Å²) in [5.41, 5.74) is 21.3. The molecule has 134 heavy (non-hydrogen) atoms. The zero-order valence-corrected chi connectivity index (χ0v) is 75.4. The molecule has 0 bridgehead atoms. The minimum Gasteiger partial charge on any atom is -0.496 e. The van der Waals surface area contributed by atoms with Crippen LogP contribution in [0.5, 0.6) is 23.0 Å². The highest BCUT2D eigenvalue weighted by molar-refractivity contribution is 6.31. The predicted molar refractivity (Wildman–Crippen MR) is 523 cm³/mol. The van der Waals surface area contributed by atoms with Gasteiger partial charge < -0.3 is 28.1 Å². The number of halogens is 3. The summed E-state index contributed by atoms with van der Waals surface area (Å²) in [6.45, 7) is 11.3. The number of para-hydroxylation sites is 1. The molecular formula is C105H93Cl2FN20O6. The third-order valence-corrected chi connectivity index (χ3v) is 21.0. The van der Waals surface area contributed by atoms with Crippen molar-refractivity contribution >= 4 is 28.9 Å². The zero-order chi connectivity index (χ0) is 92.9. The van der Waals surface area contributed by atoms with E-state index in [2.05, 4.69) is 171 Å². The van der Waals surface area contributed by atoms with E-state index >= 15 is 0 Å². The van der Waals surface area contributed by atoms with Crippen LogP contribution in [-0.2, 0) is 13.1 Å². The number of aromatic amines is 6. The summed E-state index contributed by atoms with van der Waals surface area (Å²) in [4.78, 5) is 32.0. The van der Waals surface area contributed by atoms with Crippen LogP contribution in [-0.4, -0.2) is 128 Å². The van der Waals surface area contributed by atoms with Gasteiger partial charge in [-0.15, -0.1) is 0 Å². The van der Waals surface area contributed by atoms with E-state index in [0.717, 1.165) is 149 Å². The first-order valence-electron chi connectivity index (χ1n) is 42.9. The maximum Gasteiger partial charge on any atom is 0.270 e. The van der Waals surface area contributed by atoms with Gasteiger partial charge in [-0.25, -0.2) is 14.4 Å². The second-order valence-electron chi connectivity index (χ2n) is 31.2. The number of hydrogen-bond acceptors (Lipinski definition) is 17. The molecule has 0 atom stereocenters. The molecule has 20 aromatic rings. The molecule has 26 nitrogen and oxygen atoms in total. The number of nitro groups is 1. The number of aromatic nitrogens is 19. The van der Waals surface area contributed by atoms with Gasteiger partial charge >= 0.3 is 0 Å². The van der Waals surface area contributed by atoms with Crippen LogP contribution in [0.4, 0.5) is 10.1 Å². The van der Waals surface area contributed by atoms with Crippen LogP contribution in [0, 0.1) is 27.8 Å². The maximum absolute atomic E-state index is 13.4. The lowest BCUT2D eigenvalue weighted by molar-refractivity contribution is -0.384. The molecule has 0 radical (unpaired) electrons. The van der Waals surface area contributed by atoms with E-state index in [1.807, 2.05) is 237 Å². The Kier molecular flexibility index (Phi) is 31.2. The molecule has 29 heteroatoms. The number of hydrogen-bond donors (Lipinski definition) is 6. The fourth-order valence-electron chi connectivity index (χ4n) is 14.0. The van der Waals surface area contributed by atoms with Crippen molar-refractivity contribution in [1.82, 2.24) is 95.2 Å². The van der Waals surface area contributed by atoms with Crippen LogP contribution in [0.1, 0.15) is 38.8 Å². The highest BCUT2D eigenvalue weighted by Crippen LogP contribution is 2.39. The van der Waals surface area contributed by atoms with Crippen molar-refractivity contribution in [3.63, 3.8) is 0 Å². The number of rotatable bonds is 25. The average molecular weight is 1820 g/mol. The van der Waals surface area contributed by atoms with Crippen molar-refractivity contribution in [3.05, 3.63) is 396 Å². The summed E-state index contributed by atoms with van der Waals surface area (Å²) in [5, 5.41) is 56.4. The second kappa shape index (κ2) is 45.5. The van der Waals surface area contributed by atoms with E-state index < -0.39 is 4.92 Å². The Morgan fingerprint density at radius 2 is 0.754 bits per heavy atom. The average Bonchev–Trinajstić information content (AvgIpc) is 1.61. The Balaban J connectivity index is 0.000000123. The predicted octanol–water partition coefficient (Wildman–Crippen LogP) is 24.6. The fraction of sp³-hybridized carbons (Fsp3) is 0.114. The number of H-pyrrole nitrogens is 6. The molecule has 0 aliphatic heterocycles. The number of nitrogens with one attached hydrogen (secondary N) is 6.